The van der Waals surface area contributed by atoms with Crippen LogP contribution in [0.15, 0.2) is 48.7 Å². The van der Waals surface area contributed by atoms with E-state index in [-0.39, 0.29) is 11.7 Å². The Kier molecular flexibility index (Phi) is 3.48. The number of ketones is 1. The number of nitrogens with zero attached hydrogens (tertiary/aromatic N) is 1. The van der Waals surface area contributed by atoms with E-state index in [1.807, 2.05) is 24.3 Å². The van der Waals surface area contributed by atoms with Gasteiger partial charge in [0.25, 0.3) is 0 Å². The van der Waals surface area contributed by atoms with Crippen LogP contribution in [0, 0.1) is 0 Å². The van der Waals surface area contributed by atoms with E-state index in [4.69, 9.17) is 0 Å². The Morgan fingerprint density at radius 2 is 2.06 bits per heavy atom. The van der Waals surface area contributed by atoms with Gasteiger partial charge in [-0.2, -0.15) is 0 Å². The topological polar surface area (TPSA) is 59.1 Å². The van der Waals surface area contributed by atoms with Crippen molar-refractivity contribution in [1.29, 1.82) is 0 Å². The lowest BCUT2D eigenvalue weighted by molar-refractivity contribution is -0.114. The molecule has 0 bridgehead atoms. The van der Waals surface area contributed by atoms with Crippen molar-refractivity contribution in [3.05, 3.63) is 48.7 Å². The van der Waals surface area contributed by atoms with Gasteiger partial charge in [0.2, 0.25) is 5.91 Å². The second kappa shape index (κ2) is 5.23. The van der Waals surface area contributed by atoms with E-state index in [9.17, 15) is 9.59 Å². The van der Waals surface area contributed by atoms with Crippen LogP contribution in [-0.2, 0) is 9.59 Å². The molecular formula is C14H12N2O2. The summed E-state index contributed by atoms with van der Waals surface area (Å²) >= 11 is 0. The van der Waals surface area contributed by atoms with Crippen molar-refractivity contribution in [3.63, 3.8) is 0 Å². The van der Waals surface area contributed by atoms with E-state index in [1.165, 1.54) is 19.1 Å². The van der Waals surface area contributed by atoms with Crippen LogP contribution >= 0.6 is 0 Å². The first kappa shape index (κ1) is 12.0. The number of allylic oxidation sites excluding steroid dienone is 1. The molecule has 0 saturated heterocycles. The minimum atomic E-state index is -0.326. The van der Waals surface area contributed by atoms with E-state index < -0.39 is 0 Å². The number of anilines is 1. The highest BCUT2D eigenvalue weighted by atomic mass is 16.1. The average Bonchev–Trinajstić information content (AvgIpc) is 2.36. The third kappa shape index (κ3) is 3.01. The second-order valence-electron chi connectivity index (χ2n) is 3.84. The maximum Gasteiger partial charge on any atom is 0.248 e. The lowest BCUT2D eigenvalue weighted by Crippen LogP contribution is -2.08. The number of benzene rings is 1. The van der Waals surface area contributed by atoms with E-state index in [2.05, 4.69) is 10.3 Å². The molecule has 0 radical (unpaired) electrons. The van der Waals surface area contributed by atoms with Crippen LogP contribution in [0.4, 0.5) is 5.69 Å². The number of carbonyl (C=O) groups is 2. The van der Waals surface area contributed by atoms with Crippen molar-refractivity contribution in [1.82, 2.24) is 4.98 Å². The summed E-state index contributed by atoms with van der Waals surface area (Å²) in [4.78, 5) is 26.4. The zero-order valence-electron chi connectivity index (χ0n) is 9.88. The van der Waals surface area contributed by atoms with Crippen LogP contribution in [0.25, 0.3) is 10.9 Å². The molecule has 2 rings (SSSR count). The first-order valence-electron chi connectivity index (χ1n) is 5.49. The van der Waals surface area contributed by atoms with Crippen molar-refractivity contribution in [2.75, 3.05) is 5.32 Å². The summed E-state index contributed by atoms with van der Waals surface area (Å²) in [5.41, 5.74) is 1.54. The number of hydrogen-bond acceptors (Lipinski definition) is 3. The summed E-state index contributed by atoms with van der Waals surface area (Å²) in [6.07, 6.45) is 4.17. The van der Waals surface area contributed by atoms with Crippen LogP contribution < -0.4 is 5.32 Å². The maximum atomic E-state index is 11.5. The summed E-state index contributed by atoms with van der Waals surface area (Å²) in [5, 5.41) is 3.63. The van der Waals surface area contributed by atoms with Gasteiger partial charge >= 0.3 is 0 Å². The van der Waals surface area contributed by atoms with Crippen molar-refractivity contribution < 1.29 is 9.59 Å². The Labute approximate surface area is 104 Å². The summed E-state index contributed by atoms with van der Waals surface area (Å²) in [6.45, 7) is 1.39. The number of pyridine rings is 1. The smallest absolute Gasteiger partial charge is 0.248 e. The maximum absolute atomic E-state index is 11.5. The third-order valence-electron chi connectivity index (χ3n) is 2.34. The fraction of sp³-hybridized carbons (Fsp3) is 0.0714. The zero-order chi connectivity index (χ0) is 13.0. The molecular weight excluding hydrogens is 228 g/mol. The molecule has 0 unspecified atom stereocenters. The Hall–Kier alpha value is -2.49. The molecule has 2 aromatic rings. The zero-order valence-corrected chi connectivity index (χ0v) is 9.88. The minimum absolute atomic E-state index is 0.159. The van der Waals surface area contributed by atoms with Crippen molar-refractivity contribution in [2.45, 2.75) is 6.92 Å². The number of amides is 1. The molecule has 4 nitrogen and oxygen atoms in total. The van der Waals surface area contributed by atoms with Gasteiger partial charge in [0.05, 0.1) is 5.52 Å². The molecule has 1 heterocycles. The quantitative estimate of drug-likeness (QED) is 0.837. The number of carbonyl (C=O) groups excluding carboxylic acids is 2. The summed E-state index contributed by atoms with van der Waals surface area (Å²) in [5.74, 6) is -0.485. The molecule has 18 heavy (non-hydrogen) atoms. The van der Waals surface area contributed by atoms with Gasteiger partial charge in [-0.1, -0.05) is 6.07 Å². The van der Waals surface area contributed by atoms with Crippen molar-refractivity contribution in [2.24, 2.45) is 0 Å². The number of fused-ring (bicyclic) bond motifs is 1. The van der Waals surface area contributed by atoms with Gasteiger partial charge < -0.3 is 5.32 Å². The molecule has 1 aromatic heterocycles. The summed E-state index contributed by atoms with van der Waals surface area (Å²) in [6, 6.07) is 9.20. The van der Waals surface area contributed by atoms with Crippen LogP contribution in [0.3, 0.4) is 0 Å². The summed E-state index contributed by atoms with van der Waals surface area (Å²) in [7, 11) is 0. The molecule has 0 fully saturated rings. The average molecular weight is 240 g/mol. The lowest BCUT2D eigenvalue weighted by atomic mass is 10.2. The fourth-order valence-corrected chi connectivity index (χ4v) is 1.53. The molecule has 0 aliphatic heterocycles. The number of hydrogen-bond donors (Lipinski definition) is 1. The van der Waals surface area contributed by atoms with Crippen LogP contribution in [-0.4, -0.2) is 16.7 Å². The largest absolute Gasteiger partial charge is 0.322 e. The van der Waals surface area contributed by atoms with Gasteiger partial charge in [-0.15, -0.1) is 0 Å². The third-order valence-corrected chi connectivity index (χ3v) is 2.34. The lowest BCUT2D eigenvalue weighted by Gasteiger charge is -2.03. The molecule has 0 saturated carbocycles. The van der Waals surface area contributed by atoms with Crippen LogP contribution in [0.5, 0.6) is 0 Å². The highest BCUT2D eigenvalue weighted by Crippen LogP contribution is 2.16. The molecule has 0 atom stereocenters. The van der Waals surface area contributed by atoms with Gasteiger partial charge in [-0.25, -0.2) is 0 Å². The van der Waals surface area contributed by atoms with Crippen LogP contribution in [0.1, 0.15) is 6.92 Å². The standard InChI is InChI=1S/C14H12N2O2/c1-10(17)4-7-14(18)16-12-5-6-13-11(9-12)3-2-8-15-13/h2-9H,1H3,(H,16,18)/b7-4+. The van der Waals surface area contributed by atoms with Crippen molar-refractivity contribution >= 4 is 28.3 Å². The molecule has 1 N–H and O–H groups in total. The number of aromatic nitrogens is 1. The molecule has 1 amide bonds. The molecule has 0 aliphatic rings. The number of nitrogens with one attached hydrogen (secondary N) is 1. The Morgan fingerprint density at radius 1 is 1.22 bits per heavy atom. The molecule has 0 spiro atoms. The summed E-state index contributed by atoms with van der Waals surface area (Å²) < 4.78 is 0. The normalized spacial score (nSPS) is 10.7. The van der Waals surface area contributed by atoms with Crippen molar-refractivity contribution in [3.8, 4) is 0 Å². The van der Waals surface area contributed by atoms with Gasteiger partial charge in [-0.05, 0) is 37.3 Å². The highest BCUT2D eigenvalue weighted by molar-refractivity contribution is 6.04. The monoisotopic (exact) mass is 240 g/mol. The van der Waals surface area contributed by atoms with E-state index in [1.54, 1.807) is 12.3 Å². The van der Waals surface area contributed by atoms with Gasteiger partial charge in [-0.3, -0.25) is 14.6 Å². The first-order valence-corrected chi connectivity index (χ1v) is 5.49. The predicted molar refractivity (Wildman–Crippen MR) is 70.2 cm³/mol. The van der Waals surface area contributed by atoms with Crippen LogP contribution in [0.2, 0.25) is 0 Å². The second-order valence-corrected chi connectivity index (χ2v) is 3.84. The molecule has 1 aromatic carbocycles. The van der Waals surface area contributed by atoms with E-state index in [0.29, 0.717) is 5.69 Å². The van der Waals surface area contributed by atoms with Gasteiger partial charge in [0.1, 0.15) is 0 Å². The highest BCUT2D eigenvalue weighted by Gasteiger charge is 2.00. The number of rotatable bonds is 3. The SMILES string of the molecule is CC(=O)/C=C/C(=O)Nc1ccc2ncccc2c1. The fourth-order valence-electron chi connectivity index (χ4n) is 1.53. The van der Waals surface area contributed by atoms with Gasteiger partial charge in [0.15, 0.2) is 5.78 Å². The Balaban J connectivity index is 2.17. The molecule has 4 heteroatoms. The molecule has 0 aliphatic carbocycles. The Bertz CT molecular complexity index is 632. The predicted octanol–water partition coefficient (Wildman–Crippen LogP) is 2.32. The van der Waals surface area contributed by atoms with E-state index in [0.717, 1.165) is 10.9 Å². The first-order chi connectivity index (χ1) is 8.65. The molecule has 90 valence electrons. The minimum Gasteiger partial charge on any atom is -0.322 e. The van der Waals surface area contributed by atoms with E-state index >= 15 is 0 Å². The Morgan fingerprint density at radius 3 is 2.83 bits per heavy atom. The van der Waals surface area contributed by atoms with Gasteiger partial charge in [0, 0.05) is 23.3 Å².